The second-order valence-electron chi connectivity index (χ2n) is 9.67. The lowest BCUT2D eigenvalue weighted by atomic mass is 9.96. The smallest absolute Gasteiger partial charge is 0.253 e. The minimum Gasteiger partial charge on any atom is -0.338 e. The number of carbonyl (C=O) groups excluding carboxylic acids is 2. The van der Waals surface area contributed by atoms with Gasteiger partial charge in [-0.3, -0.25) is 23.9 Å². The number of rotatable bonds is 7. The predicted molar refractivity (Wildman–Crippen MR) is 148 cm³/mol. The lowest BCUT2D eigenvalue weighted by Crippen LogP contribution is -2.53. The monoisotopic (exact) mass is 505 g/mol. The Labute approximate surface area is 222 Å². The van der Waals surface area contributed by atoms with Gasteiger partial charge in [0.2, 0.25) is 0 Å². The lowest BCUT2D eigenvalue weighted by molar-refractivity contribution is -0.135. The molecule has 1 aliphatic heterocycles. The number of hydrogen-bond acceptors (Lipinski definition) is 4. The molecule has 2 heterocycles. The zero-order valence-electron chi connectivity index (χ0n) is 21.4. The van der Waals surface area contributed by atoms with Crippen molar-refractivity contribution in [3.63, 3.8) is 0 Å². The molecule has 1 aliphatic rings. The van der Waals surface area contributed by atoms with Crippen molar-refractivity contribution in [2.75, 3.05) is 26.2 Å². The third-order valence-electron chi connectivity index (χ3n) is 7.14. The molecule has 1 fully saturated rings. The van der Waals surface area contributed by atoms with E-state index in [1.807, 2.05) is 49.4 Å². The van der Waals surface area contributed by atoms with Crippen molar-refractivity contribution in [3.8, 4) is 0 Å². The van der Waals surface area contributed by atoms with E-state index in [-0.39, 0.29) is 23.3 Å². The lowest BCUT2D eigenvalue weighted by Gasteiger charge is -2.40. The van der Waals surface area contributed by atoms with Gasteiger partial charge in [-0.2, -0.15) is 0 Å². The molecule has 192 valence electrons. The highest BCUT2D eigenvalue weighted by atomic mass is 16.2. The third kappa shape index (κ3) is 5.36. The number of amides is 1. The van der Waals surface area contributed by atoms with Gasteiger partial charge in [0.05, 0.1) is 6.04 Å². The van der Waals surface area contributed by atoms with Crippen LogP contribution in [0.5, 0.6) is 0 Å². The minimum atomic E-state index is -1.24. The van der Waals surface area contributed by atoms with E-state index in [2.05, 4.69) is 29.2 Å². The van der Waals surface area contributed by atoms with Crippen molar-refractivity contribution in [1.82, 2.24) is 14.4 Å². The number of hydrogen-bond donors (Lipinski definition) is 0. The molecule has 1 atom stereocenters. The van der Waals surface area contributed by atoms with Crippen LogP contribution < -0.4 is 5.56 Å². The maximum absolute atomic E-state index is 13.9. The van der Waals surface area contributed by atoms with Gasteiger partial charge >= 0.3 is 0 Å². The van der Waals surface area contributed by atoms with Gasteiger partial charge in [-0.1, -0.05) is 91.0 Å². The van der Waals surface area contributed by atoms with E-state index in [4.69, 9.17) is 0 Å². The van der Waals surface area contributed by atoms with Crippen LogP contribution in [0.25, 0.3) is 0 Å². The Morgan fingerprint density at radius 2 is 1.24 bits per heavy atom. The summed E-state index contributed by atoms with van der Waals surface area (Å²) in [6.45, 7) is 4.05. The first-order valence-electron chi connectivity index (χ1n) is 12.9. The third-order valence-corrected chi connectivity index (χ3v) is 7.14. The largest absolute Gasteiger partial charge is 0.338 e. The van der Waals surface area contributed by atoms with Crippen LogP contribution in [-0.2, 0) is 4.79 Å². The van der Waals surface area contributed by atoms with E-state index < -0.39 is 6.04 Å². The second kappa shape index (κ2) is 11.4. The number of carbonyl (C=O) groups is 2. The maximum atomic E-state index is 13.9. The molecule has 6 heteroatoms. The van der Waals surface area contributed by atoms with E-state index in [1.54, 1.807) is 41.4 Å². The highest BCUT2D eigenvalue weighted by Gasteiger charge is 2.36. The molecule has 0 aliphatic carbocycles. The second-order valence-corrected chi connectivity index (χ2v) is 9.67. The van der Waals surface area contributed by atoms with E-state index in [1.165, 1.54) is 21.8 Å². The van der Waals surface area contributed by atoms with Crippen LogP contribution in [0.4, 0.5) is 0 Å². The fraction of sp³-hybridized carbons (Fsp3) is 0.219. The molecule has 0 radical (unpaired) electrons. The van der Waals surface area contributed by atoms with Crippen molar-refractivity contribution in [2.24, 2.45) is 0 Å². The number of aromatic nitrogens is 1. The van der Waals surface area contributed by atoms with Crippen molar-refractivity contribution < 1.29 is 9.59 Å². The van der Waals surface area contributed by atoms with Crippen LogP contribution in [0, 0.1) is 6.92 Å². The molecule has 0 unspecified atom stereocenters. The summed E-state index contributed by atoms with van der Waals surface area (Å²) in [5.74, 6) is -0.726. The zero-order valence-corrected chi connectivity index (χ0v) is 21.4. The molecule has 38 heavy (non-hydrogen) atoms. The van der Waals surface area contributed by atoms with Gasteiger partial charge in [0.1, 0.15) is 0 Å². The van der Waals surface area contributed by atoms with Gasteiger partial charge < -0.3 is 4.90 Å². The number of piperazine rings is 1. The molecule has 6 nitrogen and oxygen atoms in total. The van der Waals surface area contributed by atoms with Gasteiger partial charge in [0, 0.05) is 44.0 Å². The van der Waals surface area contributed by atoms with Crippen LogP contribution in [0.2, 0.25) is 0 Å². The first kappa shape index (κ1) is 25.4. The Balaban J connectivity index is 1.40. The first-order valence-corrected chi connectivity index (χ1v) is 12.9. The van der Waals surface area contributed by atoms with Crippen LogP contribution >= 0.6 is 0 Å². The number of aryl methyl sites for hydroxylation is 1. The molecule has 3 aromatic carbocycles. The van der Waals surface area contributed by atoms with Crippen LogP contribution in [0.1, 0.15) is 39.1 Å². The molecule has 0 N–H and O–H groups in total. The van der Waals surface area contributed by atoms with E-state index in [0.717, 1.165) is 5.56 Å². The van der Waals surface area contributed by atoms with Crippen molar-refractivity contribution in [1.29, 1.82) is 0 Å². The number of nitrogens with zero attached hydrogens (tertiary/aromatic N) is 3. The summed E-state index contributed by atoms with van der Waals surface area (Å²) in [6, 6.07) is 31.5. The molecule has 1 aromatic heterocycles. The summed E-state index contributed by atoms with van der Waals surface area (Å²) >= 11 is 0. The highest BCUT2D eigenvalue weighted by molar-refractivity contribution is 6.11. The van der Waals surface area contributed by atoms with E-state index in [0.29, 0.717) is 31.7 Å². The van der Waals surface area contributed by atoms with Crippen LogP contribution in [-0.4, -0.2) is 52.2 Å². The Morgan fingerprint density at radius 1 is 0.711 bits per heavy atom. The standard InChI is InChI=1S/C32H31N3O3/c1-24-17-18-35(28(36)23-24)30(31(37)27-15-9-4-10-16-27)32(38)34-21-19-33(20-22-34)29(25-11-5-2-6-12-25)26-13-7-3-8-14-26/h2-18,23,29-30H,19-22H2,1H3/t30-/m0/s1. The summed E-state index contributed by atoms with van der Waals surface area (Å²) in [6.07, 6.45) is 1.55. The van der Waals surface area contributed by atoms with Crippen molar-refractivity contribution in [3.05, 3.63) is 142 Å². The Bertz CT molecular complexity index is 1400. The molecule has 5 rings (SSSR count). The number of Topliss-reactive ketones (excluding diaryl/α,β-unsaturated/α-hetero) is 1. The summed E-state index contributed by atoms with van der Waals surface area (Å²) in [4.78, 5) is 44.5. The Hall–Kier alpha value is -4.29. The van der Waals surface area contributed by atoms with Gasteiger partial charge in [-0.25, -0.2) is 0 Å². The van der Waals surface area contributed by atoms with Crippen molar-refractivity contribution in [2.45, 2.75) is 19.0 Å². The summed E-state index contributed by atoms with van der Waals surface area (Å²) in [5.41, 5.74) is 3.22. The van der Waals surface area contributed by atoms with Gasteiger partial charge in [-0.15, -0.1) is 0 Å². The van der Waals surface area contributed by atoms with E-state index >= 15 is 0 Å². The number of pyridine rings is 1. The molecule has 0 bridgehead atoms. The summed E-state index contributed by atoms with van der Waals surface area (Å²) in [7, 11) is 0. The van der Waals surface area contributed by atoms with Crippen LogP contribution in [0.3, 0.4) is 0 Å². The van der Waals surface area contributed by atoms with Gasteiger partial charge in [-0.05, 0) is 29.7 Å². The molecule has 0 spiro atoms. The highest BCUT2D eigenvalue weighted by Crippen LogP contribution is 2.30. The molecule has 1 saturated heterocycles. The Morgan fingerprint density at radius 3 is 1.76 bits per heavy atom. The predicted octanol–water partition coefficient (Wildman–Crippen LogP) is 4.51. The van der Waals surface area contributed by atoms with E-state index in [9.17, 15) is 14.4 Å². The zero-order chi connectivity index (χ0) is 26.5. The summed E-state index contributed by atoms with van der Waals surface area (Å²) < 4.78 is 1.27. The molecule has 4 aromatic rings. The first-order chi connectivity index (χ1) is 18.5. The molecular formula is C32H31N3O3. The maximum Gasteiger partial charge on any atom is 0.253 e. The van der Waals surface area contributed by atoms with Crippen molar-refractivity contribution >= 4 is 11.7 Å². The molecular weight excluding hydrogens is 474 g/mol. The van der Waals surface area contributed by atoms with Gasteiger partial charge in [0.15, 0.2) is 11.8 Å². The fourth-order valence-corrected chi connectivity index (χ4v) is 5.18. The average Bonchev–Trinajstić information content (AvgIpc) is 2.96. The normalized spacial score (nSPS) is 14.8. The Kier molecular flexibility index (Phi) is 7.61. The average molecular weight is 506 g/mol. The SMILES string of the molecule is Cc1ccn([C@@H](C(=O)c2ccccc2)C(=O)N2CCN(C(c3ccccc3)c3ccccc3)CC2)c(=O)c1. The fourth-order valence-electron chi connectivity index (χ4n) is 5.18. The summed E-state index contributed by atoms with van der Waals surface area (Å²) in [5, 5.41) is 0. The topological polar surface area (TPSA) is 62.6 Å². The minimum absolute atomic E-state index is 0.0658. The molecule has 1 amide bonds. The number of benzene rings is 3. The number of ketones is 1. The molecule has 0 saturated carbocycles. The van der Waals surface area contributed by atoms with Crippen LogP contribution in [0.15, 0.2) is 114 Å². The van der Waals surface area contributed by atoms with Gasteiger partial charge in [0.25, 0.3) is 11.5 Å². The quantitative estimate of drug-likeness (QED) is 0.274.